The van der Waals surface area contributed by atoms with Crippen LogP contribution in [0.3, 0.4) is 0 Å². The average molecular weight is 326 g/mol. The van der Waals surface area contributed by atoms with Crippen LogP contribution in [0.2, 0.25) is 0 Å². The molecular formula is C17H18N4O3. The number of nitro groups is 1. The molecular weight excluding hydrogens is 308 g/mol. The van der Waals surface area contributed by atoms with Gasteiger partial charge in [-0.05, 0) is 17.4 Å². The predicted molar refractivity (Wildman–Crippen MR) is 90.2 cm³/mol. The fourth-order valence-corrected chi connectivity index (χ4v) is 2.92. The second kappa shape index (κ2) is 6.27. The summed E-state index contributed by atoms with van der Waals surface area (Å²) in [5.74, 6) is 0.121. The number of carbonyl (C=O) groups excluding carboxylic acids is 1. The Labute approximate surface area is 138 Å². The van der Waals surface area contributed by atoms with E-state index >= 15 is 0 Å². The smallest absolute Gasteiger partial charge is 0.343 e. The van der Waals surface area contributed by atoms with Crippen molar-refractivity contribution in [3.05, 3.63) is 58.2 Å². The highest BCUT2D eigenvalue weighted by Crippen LogP contribution is 2.23. The van der Waals surface area contributed by atoms with Crippen LogP contribution in [0.1, 0.15) is 29.5 Å². The zero-order chi connectivity index (χ0) is 17.3. The van der Waals surface area contributed by atoms with Gasteiger partial charge in [-0.15, -0.1) is 0 Å². The van der Waals surface area contributed by atoms with Gasteiger partial charge in [0.05, 0.1) is 0 Å². The van der Waals surface area contributed by atoms with Gasteiger partial charge in [-0.2, -0.15) is 0 Å². The Hall–Kier alpha value is -2.96. The molecule has 0 radical (unpaired) electrons. The van der Waals surface area contributed by atoms with E-state index in [9.17, 15) is 14.9 Å². The third kappa shape index (κ3) is 2.68. The molecule has 7 heteroatoms. The van der Waals surface area contributed by atoms with Crippen LogP contribution in [0, 0.1) is 17.0 Å². The van der Waals surface area contributed by atoms with Gasteiger partial charge in [-0.3, -0.25) is 4.79 Å². The van der Waals surface area contributed by atoms with E-state index < -0.39 is 4.92 Å². The molecule has 0 N–H and O–H groups in total. The summed E-state index contributed by atoms with van der Waals surface area (Å²) in [5.41, 5.74) is 1.58. The third-order valence-electron chi connectivity index (χ3n) is 4.08. The lowest BCUT2D eigenvalue weighted by Gasteiger charge is -2.02. The molecule has 0 fully saturated rings. The van der Waals surface area contributed by atoms with Crippen LogP contribution in [0.5, 0.6) is 0 Å². The van der Waals surface area contributed by atoms with E-state index in [1.807, 2.05) is 30.5 Å². The summed E-state index contributed by atoms with van der Waals surface area (Å²) in [4.78, 5) is 27.3. The van der Waals surface area contributed by atoms with Crippen LogP contribution < -0.4 is 0 Å². The summed E-state index contributed by atoms with van der Waals surface area (Å²) in [6.07, 6.45) is 3.98. The lowest BCUT2D eigenvalue weighted by atomic mass is 10.1. The SMILES string of the molecule is CCCn1cc(C(=O)Cn2c([N+](=O)[O-])cnc2C)c2ccccc21. The molecule has 2 heterocycles. The number of imidazole rings is 1. The first-order chi connectivity index (χ1) is 11.5. The van der Waals surface area contributed by atoms with Crippen LogP contribution in [0.4, 0.5) is 5.82 Å². The van der Waals surface area contributed by atoms with Gasteiger partial charge in [0.1, 0.15) is 6.20 Å². The Kier molecular flexibility index (Phi) is 4.16. The number of rotatable bonds is 6. The van der Waals surface area contributed by atoms with Gasteiger partial charge in [-0.25, -0.2) is 9.55 Å². The Morgan fingerprint density at radius 2 is 2.08 bits per heavy atom. The van der Waals surface area contributed by atoms with Crippen molar-refractivity contribution in [1.29, 1.82) is 0 Å². The number of hydrogen-bond donors (Lipinski definition) is 0. The molecule has 0 unspecified atom stereocenters. The summed E-state index contributed by atoms with van der Waals surface area (Å²) in [7, 11) is 0. The number of ketones is 1. The maximum Gasteiger partial charge on any atom is 0.343 e. The van der Waals surface area contributed by atoms with E-state index in [0.717, 1.165) is 23.9 Å². The highest BCUT2D eigenvalue weighted by Gasteiger charge is 2.23. The second-order valence-corrected chi connectivity index (χ2v) is 5.68. The van der Waals surface area contributed by atoms with Crippen molar-refractivity contribution in [2.24, 2.45) is 0 Å². The molecule has 0 amide bonds. The minimum absolute atomic E-state index is 0.0950. The molecule has 124 valence electrons. The van der Waals surface area contributed by atoms with E-state index in [1.165, 1.54) is 10.8 Å². The first-order valence-electron chi connectivity index (χ1n) is 7.80. The Balaban J connectivity index is 2.01. The van der Waals surface area contributed by atoms with E-state index in [4.69, 9.17) is 0 Å². The van der Waals surface area contributed by atoms with Gasteiger partial charge in [0.15, 0.2) is 12.4 Å². The fraction of sp³-hybridized carbons (Fsp3) is 0.294. The molecule has 0 aliphatic carbocycles. The van der Waals surface area contributed by atoms with Gasteiger partial charge in [0.2, 0.25) is 5.78 Å². The lowest BCUT2D eigenvalue weighted by molar-refractivity contribution is -0.392. The van der Waals surface area contributed by atoms with Gasteiger partial charge in [-0.1, -0.05) is 25.1 Å². The summed E-state index contributed by atoms with van der Waals surface area (Å²) >= 11 is 0. The number of Topliss-reactive ketones (excluding diaryl/α,β-unsaturated/α-hetero) is 1. The van der Waals surface area contributed by atoms with Crippen molar-refractivity contribution in [2.75, 3.05) is 0 Å². The minimum atomic E-state index is -0.520. The Morgan fingerprint density at radius 1 is 1.33 bits per heavy atom. The number of aromatic nitrogens is 3. The number of para-hydroxylation sites is 1. The zero-order valence-corrected chi connectivity index (χ0v) is 13.6. The molecule has 2 aromatic heterocycles. The maximum absolute atomic E-state index is 12.8. The Morgan fingerprint density at radius 3 is 2.79 bits per heavy atom. The summed E-state index contributed by atoms with van der Waals surface area (Å²) in [6, 6.07) is 7.71. The first kappa shape index (κ1) is 15.9. The molecule has 0 saturated carbocycles. The zero-order valence-electron chi connectivity index (χ0n) is 13.6. The monoisotopic (exact) mass is 326 g/mol. The molecule has 0 aliphatic heterocycles. The largest absolute Gasteiger partial charge is 0.358 e. The molecule has 0 bridgehead atoms. The number of benzene rings is 1. The van der Waals surface area contributed by atoms with E-state index in [-0.39, 0.29) is 18.1 Å². The number of hydrogen-bond acceptors (Lipinski definition) is 4. The summed E-state index contributed by atoms with van der Waals surface area (Å²) in [6.45, 7) is 4.45. The van der Waals surface area contributed by atoms with Crippen molar-refractivity contribution in [1.82, 2.24) is 14.1 Å². The third-order valence-corrected chi connectivity index (χ3v) is 4.08. The lowest BCUT2D eigenvalue weighted by Crippen LogP contribution is -2.13. The predicted octanol–water partition coefficient (Wildman–Crippen LogP) is 3.35. The average Bonchev–Trinajstić information content (AvgIpc) is 3.10. The van der Waals surface area contributed by atoms with Crippen molar-refractivity contribution >= 4 is 22.5 Å². The molecule has 7 nitrogen and oxygen atoms in total. The standard InChI is InChI=1S/C17H18N4O3/c1-3-8-19-10-14(13-6-4-5-7-15(13)19)16(22)11-20-12(2)18-9-17(20)21(23)24/h4-7,9-10H,3,8,11H2,1-2H3. The molecule has 0 aliphatic rings. The van der Waals surface area contributed by atoms with Crippen molar-refractivity contribution in [2.45, 2.75) is 33.4 Å². The minimum Gasteiger partial charge on any atom is -0.358 e. The summed E-state index contributed by atoms with van der Waals surface area (Å²) < 4.78 is 3.39. The Bertz CT molecular complexity index is 923. The van der Waals surface area contributed by atoms with Crippen molar-refractivity contribution in [3.63, 3.8) is 0 Å². The van der Waals surface area contributed by atoms with Gasteiger partial charge in [0, 0.05) is 36.1 Å². The molecule has 3 aromatic rings. The van der Waals surface area contributed by atoms with E-state index in [2.05, 4.69) is 16.5 Å². The topological polar surface area (TPSA) is 83.0 Å². The van der Waals surface area contributed by atoms with Crippen LogP contribution in [-0.4, -0.2) is 24.8 Å². The normalized spacial score (nSPS) is 11.1. The van der Waals surface area contributed by atoms with E-state index in [1.54, 1.807) is 6.92 Å². The number of nitrogens with zero attached hydrogens (tertiary/aromatic N) is 4. The van der Waals surface area contributed by atoms with Crippen LogP contribution in [-0.2, 0) is 13.1 Å². The van der Waals surface area contributed by atoms with Gasteiger partial charge < -0.3 is 14.7 Å². The van der Waals surface area contributed by atoms with Crippen molar-refractivity contribution in [3.8, 4) is 0 Å². The van der Waals surface area contributed by atoms with Crippen LogP contribution in [0.25, 0.3) is 10.9 Å². The highest BCUT2D eigenvalue weighted by molar-refractivity contribution is 6.08. The first-order valence-corrected chi connectivity index (χ1v) is 7.80. The number of fused-ring (bicyclic) bond motifs is 1. The van der Waals surface area contributed by atoms with Crippen LogP contribution in [0.15, 0.2) is 36.7 Å². The molecule has 24 heavy (non-hydrogen) atoms. The second-order valence-electron chi connectivity index (χ2n) is 5.68. The number of carbonyl (C=O) groups is 1. The quantitative estimate of drug-likeness (QED) is 0.395. The van der Waals surface area contributed by atoms with E-state index in [0.29, 0.717) is 11.4 Å². The molecule has 0 atom stereocenters. The molecule has 0 spiro atoms. The van der Waals surface area contributed by atoms with Crippen LogP contribution >= 0.6 is 0 Å². The molecule has 1 aromatic carbocycles. The van der Waals surface area contributed by atoms with Crippen molar-refractivity contribution < 1.29 is 9.72 Å². The summed E-state index contributed by atoms with van der Waals surface area (Å²) in [5, 5.41) is 12.0. The maximum atomic E-state index is 12.8. The molecule has 3 rings (SSSR count). The molecule has 0 saturated heterocycles. The van der Waals surface area contributed by atoms with Gasteiger partial charge >= 0.3 is 5.82 Å². The van der Waals surface area contributed by atoms with Gasteiger partial charge in [0.25, 0.3) is 0 Å². The fourth-order valence-electron chi connectivity index (χ4n) is 2.92. The number of aryl methyl sites for hydroxylation is 2. The highest BCUT2D eigenvalue weighted by atomic mass is 16.6.